The first-order valence-corrected chi connectivity index (χ1v) is 16.2. The Balaban J connectivity index is 0.00000264. The Bertz CT molecular complexity index is 521. The summed E-state index contributed by atoms with van der Waals surface area (Å²) < 4.78 is 6.73. The summed E-state index contributed by atoms with van der Waals surface area (Å²) in [5, 5.41) is 4.28. The fourth-order valence-corrected chi connectivity index (χ4v) is 24.4. The average Bonchev–Trinajstić information content (AvgIpc) is 3.11. The molecular weight excluding hydrogens is 405 g/mol. The summed E-state index contributed by atoms with van der Waals surface area (Å²) in [7, 11) is -3.03. The standard InChI is InChI=1S/C18H29Si2.2ClH.H2N.Ti/c1-15(2)18(19(3,4)16-11-7-8-12-16)20(5,6)17-13-9-10-14-17;;;;/h7-11,13,18H,12,14H2,1-6H3;2*1H;1H2;/q;;;-1;+3/p-2. The minimum atomic E-state index is -1.52. The molecule has 0 radical (unpaired) electrons. The molecule has 0 aromatic rings. The van der Waals surface area contributed by atoms with Crippen LogP contribution in [0.15, 0.2) is 46.8 Å². The molecule has 2 N–H and O–H groups in total. The van der Waals surface area contributed by atoms with E-state index in [1.54, 1.807) is 10.4 Å². The van der Waals surface area contributed by atoms with Gasteiger partial charge in [0.1, 0.15) is 0 Å². The average molecular weight is 436 g/mol. The summed E-state index contributed by atoms with van der Waals surface area (Å²) in [5.74, 6) is 0. The van der Waals surface area contributed by atoms with Crippen molar-refractivity contribution in [2.75, 3.05) is 0 Å². The van der Waals surface area contributed by atoms with Crippen LogP contribution in [0.5, 0.6) is 0 Å². The first-order chi connectivity index (χ1) is 10.1. The van der Waals surface area contributed by atoms with Gasteiger partial charge in [0.2, 0.25) is 0 Å². The molecule has 24 heavy (non-hydrogen) atoms. The number of allylic oxidation sites excluding steroid dienone is 8. The Kier molecular flexibility index (Phi) is 9.28. The van der Waals surface area contributed by atoms with Gasteiger partial charge in [0, 0.05) is 0 Å². The third-order valence-electron chi connectivity index (χ3n) is 5.73. The van der Waals surface area contributed by atoms with Crippen molar-refractivity contribution >= 4 is 16.1 Å². The number of halogens is 2. The maximum Gasteiger partial charge on any atom is -1.00 e. The number of rotatable bonds is 6. The van der Waals surface area contributed by atoms with E-state index in [1.807, 2.05) is 0 Å². The molecule has 0 atom stereocenters. The van der Waals surface area contributed by atoms with Crippen molar-refractivity contribution in [2.24, 2.45) is 4.22 Å². The van der Waals surface area contributed by atoms with E-state index in [1.165, 1.54) is 12.8 Å². The molecule has 0 spiro atoms. The van der Waals surface area contributed by atoms with E-state index in [-0.39, 0.29) is 24.8 Å². The second kappa shape index (κ2) is 9.03. The molecule has 0 aromatic heterocycles. The third-order valence-corrected chi connectivity index (χ3v) is 21.0. The molecule has 0 amide bonds. The van der Waals surface area contributed by atoms with E-state index in [0.717, 1.165) is 5.16 Å². The smallest absolute Gasteiger partial charge is 1.00 e. The minimum absolute atomic E-state index is 0. The molecule has 2 aliphatic carbocycles. The molecule has 0 aliphatic heterocycles. The van der Waals surface area contributed by atoms with Gasteiger partial charge in [-0.2, -0.15) is 0 Å². The van der Waals surface area contributed by atoms with Crippen LogP contribution in [-0.4, -0.2) is 16.1 Å². The molecule has 0 unspecified atom stereocenters. The minimum Gasteiger partial charge on any atom is -1.00 e. The maximum atomic E-state index is 6.40. The Labute approximate surface area is 172 Å². The molecule has 0 bridgehead atoms. The number of hydrogen-bond acceptors (Lipinski definition) is 1. The summed E-state index contributed by atoms with van der Waals surface area (Å²) in [5.41, 5.74) is 0. The van der Waals surface area contributed by atoms with Gasteiger partial charge in [-0.05, 0) is 0 Å². The molecule has 134 valence electrons. The van der Waals surface area contributed by atoms with Crippen molar-refractivity contribution in [3.63, 3.8) is 0 Å². The largest absolute Gasteiger partial charge is 1.00 e. The van der Waals surface area contributed by atoms with Gasteiger partial charge in [0.25, 0.3) is 0 Å². The van der Waals surface area contributed by atoms with Gasteiger partial charge in [0.15, 0.2) is 0 Å². The Morgan fingerprint density at radius 1 is 0.917 bits per heavy atom. The van der Waals surface area contributed by atoms with Gasteiger partial charge in [-0.15, -0.1) is 0 Å². The monoisotopic (exact) mass is 435 g/mol. The first-order valence-electron chi connectivity index (χ1n) is 8.34. The molecule has 0 saturated carbocycles. The number of hydrogen-bond donors (Lipinski definition) is 1. The quantitative estimate of drug-likeness (QED) is 0.550. The van der Waals surface area contributed by atoms with Gasteiger partial charge in [-0.1, -0.05) is 0 Å². The topological polar surface area (TPSA) is 26.0 Å². The zero-order valence-corrected chi connectivity index (χ0v) is 20.9. The summed E-state index contributed by atoms with van der Waals surface area (Å²) in [6.07, 6.45) is 16.4. The van der Waals surface area contributed by atoms with E-state index in [2.05, 4.69) is 76.5 Å². The van der Waals surface area contributed by atoms with Crippen molar-refractivity contribution < 1.29 is 44.2 Å². The number of nitrogens with two attached hydrogens (primary N) is 1. The first kappa shape index (κ1) is 24.6. The van der Waals surface area contributed by atoms with Gasteiger partial charge < -0.3 is 24.8 Å². The van der Waals surface area contributed by atoms with Crippen molar-refractivity contribution in [1.29, 1.82) is 0 Å². The molecule has 2 aliphatic rings. The van der Waals surface area contributed by atoms with E-state index in [4.69, 9.17) is 4.22 Å². The SMILES string of the molecule is C[C](C)([Ti+2][NH2])C([Si](C)(C)C1=CC=CC1)[Si](C)(C)C1=CC=CC1.[Cl-].[Cl-]. The van der Waals surface area contributed by atoms with Crippen molar-refractivity contribution in [2.45, 2.75) is 61.8 Å². The molecule has 2 rings (SSSR count). The molecule has 0 aromatic carbocycles. The molecule has 1 nitrogen and oxygen atoms in total. The Morgan fingerprint density at radius 3 is 1.54 bits per heavy atom. The Morgan fingerprint density at radius 2 is 1.29 bits per heavy atom. The molecule has 0 saturated heterocycles. The predicted octanol–water partition coefficient (Wildman–Crippen LogP) is -0.674. The van der Waals surface area contributed by atoms with Gasteiger partial charge in [-0.25, -0.2) is 0 Å². The second-order valence-electron chi connectivity index (χ2n) is 8.39. The van der Waals surface area contributed by atoms with Crippen LogP contribution in [0.2, 0.25) is 35.1 Å². The van der Waals surface area contributed by atoms with Crippen LogP contribution in [0.25, 0.3) is 0 Å². The van der Waals surface area contributed by atoms with Crippen LogP contribution in [0.3, 0.4) is 0 Å². The van der Waals surface area contributed by atoms with Crippen LogP contribution in [-0.2, 0) is 19.4 Å². The maximum absolute atomic E-state index is 6.40. The fraction of sp³-hybridized carbons (Fsp3) is 0.556. The summed E-state index contributed by atoms with van der Waals surface area (Å²) in [6.45, 7) is 15.4. The van der Waals surface area contributed by atoms with Crippen LogP contribution >= 0.6 is 0 Å². The normalized spacial score (nSPS) is 17.2. The van der Waals surface area contributed by atoms with Gasteiger partial charge in [0.05, 0.1) is 0 Å². The third kappa shape index (κ3) is 4.67. The van der Waals surface area contributed by atoms with Crippen molar-refractivity contribution in [3.05, 3.63) is 46.8 Å². The van der Waals surface area contributed by atoms with Crippen LogP contribution in [0.1, 0.15) is 26.7 Å². The zero-order chi connectivity index (χ0) is 16.6. The van der Waals surface area contributed by atoms with Crippen molar-refractivity contribution in [3.8, 4) is 0 Å². The van der Waals surface area contributed by atoms with Crippen LogP contribution in [0.4, 0.5) is 0 Å². The van der Waals surface area contributed by atoms with E-state index in [9.17, 15) is 0 Å². The van der Waals surface area contributed by atoms with Gasteiger partial charge in [-0.3, -0.25) is 0 Å². The molecule has 0 heterocycles. The molecule has 6 heteroatoms. The van der Waals surface area contributed by atoms with Gasteiger partial charge >= 0.3 is 148 Å². The fourth-order valence-electron chi connectivity index (χ4n) is 5.01. The predicted molar refractivity (Wildman–Crippen MR) is 101 cm³/mol. The van der Waals surface area contributed by atoms with E-state index in [0.29, 0.717) is 3.72 Å². The zero-order valence-electron chi connectivity index (χ0n) is 15.8. The second-order valence-corrected chi connectivity index (χ2v) is 20.8. The van der Waals surface area contributed by atoms with E-state index >= 15 is 0 Å². The molecule has 0 fully saturated rings. The van der Waals surface area contributed by atoms with E-state index < -0.39 is 35.6 Å². The van der Waals surface area contributed by atoms with Crippen molar-refractivity contribution in [1.82, 2.24) is 0 Å². The van der Waals surface area contributed by atoms with Crippen LogP contribution in [0, 0.1) is 0 Å². The summed E-state index contributed by atoms with van der Waals surface area (Å²) >= 11 is -0.412. The summed E-state index contributed by atoms with van der Waals surface area (Å²) in [4.78, 5) is 0. The Hall–Kier alpha value is 0.648. The summed E-state index contributed by atoms with van der Waals surface area (Å²) in [6, 6.07) is 0. The van der Waals surface area contributed by atoms with Crippen LogP contribution < -0.4 is 29.0 Å². The molecular formula is C18H31Cl2NSi2Ti.